The lowest BCUT2D eigenvalue weighted by Gasteiger charge is -2.15. The molecule has 0 bridgehead atoms. The summed E-state index contributed by atoms with van der Waals surface area (Å²) in [6.45, 7) is 6.73. The topological polar surface area (TPSA) is 79.5 Å². The van der Waals surface area contributed by atoms with E-state index in [0.29, 0.717) is 41.1 Å². The number of hydrogen-bond acceptors (Lipinski definition) is 4. The summed E-state index contributed by atoms with van der Waals surface area (Å²) in [5.41, 5.74) is 1.77. The molecule has 0 aliphatic carbocycles. The van der Waals surface area contributed by atoms with Gasteiger partial charge in [-0.25, -0.2) is 0 Å². The minimum atomic E-state index is -0.261. The molecule has 0 saturated carbocycles. The summed E-state index contributed by atoms with van der Waals surface area (Å²) in [7, 11) is 0. The molecule has 0 unspecified atom stereocenters. The van der Waals surface area contributed by atoms with Crippen molar-refractivity contribution >= 4 is 40.5 Å². The molecule has 0 radical (unpaired) electrons. The van der Waals surface area contributed by atoms with Crippen LogP contribution in [0.3, 0.4) is 0 Å². The van der Waals surface area contributed by atoms with E-state index in [1.54, 1.807) is 18.2 Å². The number of para-hydroxylation sites is 2. The predicted octanol–water partition coefficient (Wildman–Crippen LogP) is 5.16. The summed E-state index contributed by atoms with van der Waals surface area (Å²) >= 11 is 6.18. The molecule has 7 heteroatoms. The van der Waals surface area contributed by atoms with Crippen LogP contribution >= 0.6 is 11.6 Å². The fraction of sp³-hybridized carbons (Fsp3) is 0.364. The minimum Gasteiger partial charge on any atom is -0.491 e. The Labute approximate surface area is 177 Å². The number of benzene rings is 2. The first-order valence-corrected chi connectivity index (χ1v) is 10.1. The van der Waals surface area contributed by atoms with Crippen molar-refractivity contribution < 1.29 is 14.3 Å². The number of amides is 2. The minimum absolute atomic E-state index is 0.0464. The van der Waals surface area contributed by atoms with E-state index in [0.717, 1.165) is 12.1 Å². The van der Waals surface area contributed by atoms with Crippen molar-refractivity contribution in [2.24, 2.45) is 5.92 Å². The zero-order chi connectivity index (χ0) is 21.2. The van der Waals surface area contributed by atoms with E-state index in [9.17, 15) is 9.59 Å². The molecule has 0 heterocycles. The largest absolute Gasteiger partial charge is 0.491 e. The van der Waals surface area contributed by atoms with Crippen molar-refractivity contribution in [2.45, 2.75) is 33.6 Å². The van der Waals surface area contributed by atoms with E-state index in [1.165, 1.54) is 0 Å². The van der Waals surface area contributed by atoms with Crippen molar-refractivity contribution in [3.8, 4) is 5.75 Å². The molecule has 0 fully saturated rings. The maximum absolute atomic E-state index is 12.4. The number of carbonyl (C=O) groups excluding carboxylic acids is 2. The lowest BCUT2D eigenvalue weighted by molar-refractivity contribution is -0.116. The molecule has 2 aromatic rings. The predicted molar refractivity (Wildman–Crippen MR) is 119 cm³/mol. The summed E-state index contributed by atoms with van der Waals surface area (Å²) in [4.78, 5) is 24.2. The highest BCUT2D eigenvalue weighted by atomic mass is 35.5. The lowest BCUT2D eigenvalue weighted by Crippen LogP contribution is -2.22. The van der Waals surface area contributed by atoms with Crippen molar-refractivity contribution in [2.75, 3.05) is 29.1 Å². The van der Waals surface area contributed by atoms with Crippen LogP contribution in [0.1, 0.15) is 33.6 Å². The van der Waals surface area contributed by atoms with Gasteiger partial charge in [0.15, 0.2) is 0 Å². The number of nitrogens with one attached hydrogen (secondary N) is 3. The van der Waals surface area contributed by atoms with Gasteiger partial charge in [-0.2, -0.15) is 0 Å². The number of anilines is 3. The first-order chi connectivity index (χ1) is 13.9. The lowest BCUT2D eigenvalue weighted by atomic mass is 10.2. The molecule has 3 N–H and O–H groups in total. The Kier molecular flexibility index (Phi) is 8.80. The molecule has 0 saturated heterocycles. The van der Waals surface area contributed by atoms with Gasteiger partial charge in [-0.1, -0.05) is 44.5 Å². The van der Waals surface area contributed by atoms with Gasteiger partial charge in [0.25, 0.3) is 0 Å². The molecular weight excluding hydrogens is 390 g/mol. The van der Waals surface area contributed by atoms with E-state index in [4.69, 9.17) is 16.3 Å². The third-order valence-electron chi connectivity index (χ3n) is 3.90. The van der Waals surface area contributed by atoms with Crippen molar-refractivity contribution in [3.63, 3.8) is 0 Å². The van der Waals surface area contributed by atoms with Crippen molar-refractivity contribution in [1.29, 1.82) is 0 Å². The highest BCUT2D eigenvalue weighted by Crippen LogP contribution is 2.26. The van der Waals surface area contributed by atoms with Crippen LogP contribution in [0.15, 0.2) is 42.5 Å². The number of rotatable bonds is 10. The van der Waals surface area contributed by atoms with Crippen molar-refractivity contribution in [1.82, 2.24) is 0 Å². The molecule has 0 spiro atoms. The molecule has 0 aliphatic rings. The third-order valence-corrected chi connectivity index (χ3v) is 4.23. The summed E-state index contributed by atoms with van der Waals surface area (Å²) in [5.74, 6) is 0.764. The normalized spacial score (nSPS) is 10.5. The second kappa shape index (κ2) is 11.3. The van der Waals surface area contributed by atoms with Crippen LogP contribution in [0.2, 0.25) is 5.02 Å². The third kappa shape index (κ3) is 7.66. The fourth-order valence-corrected chi connectivity index (χ4v) is 2.68. The summed E-state index contributed by atoms with van der Waals surface area (Å²) < 4.78 is 5.79. The van der Waals surface area contributed by atoms with Gasteiger partial charge in [0, 0.05) is 12.1 Å². The molecule has 0 aliphatic heterocycles. The quantitative estimate of drug-likeness (QED) is 0.498. The summed E-state index contributed by atoms with van der Waals surface area (Å²) in [6, 6.07) is 12.5. The maximum atomic E-state index is 12.4. The van der Waals surface area contributed by atoms with Crippen LogP contribution in [0.4, 0.5) is 17.1 Å². The Bertz CT molecular complexity index is 840. The number of halogens is 1. The van der Waals surface area contributed by atoms with E-state index < -0.39 is 0 Å². The molecular formula is C22H28ClN3O3. The van der Waals surface area contributed by atoms with Gasteiger partial charge in [-0.3, -0.25) is 9.59 Å². The van der Waals surface area contributed by atoms with Gasteiger partial charge in [0.1, 0.15) is 5.75 Å². The smallest absolute Gasteiger partial charge is 0.243 e. The number of ether oxygens (including phenoxy) is 1. The standard InChI is InChI=1S/C22H28ClN3O3/c1-4-7-21(27)25-16-10-11-17(23)19(12-16)26-22(28)13-24-18-8-5-6-9-20(18)29-14-15(2)3/h5-6,8-12,15,24H,4,7,13-14H2,1-3H3,(H,25,27)(H,26,28). The first-order valence-electron chi connectivity index (χ1n) is 9.74. The monoisotopic (exact) mass is 417 g/mol. The van der Waals surface area contributed by atoms with E-state index in [2.05, 4.69) is 29.8 Å². The Balaban J connectivity index is 1.97. The Morgan fingerprint density at radius 1 is 1.03 bits per heavy atom. The molecule has 0 atom stereocenters. The highest BCUT2D eigenvalue weighted by Gasteiger charge is 2.10. The zero-order valence-corrected chi connectivity index (χ0v) is 17.8. The molecule has 2 amide bonds. The highest BCUT2D eigenvalue weighted by molar-refractivity contribution is 6.33. The second-order valence-electron chi connectivity index (χ2n) is 7.10. The fourth-order valence-electron chi connectivity index (χ4n) is 2.51. The Morgan fingerprint density at radius 3 is 2.52 bits per heavy atom. The molecule has 156 valence electrons. The summed E-state index contributed by atoms with van der Waals surface area (Å²) in [5, 5.41) is 9.05. The average Bonchev–Trinajstić information content (AvgIpc) is 2.68. The summed E-state index contributed by atoms with van der Waals surface area (Å²) in [6.07, 6.45) is 1.20. The molecule has 6 nitrogen and oxygen atoms in total. The number of carbonyl (C=O) groups is 2. The van der Waals surface area contributed by atoms with Crippen LogP contribution in [0.5, 0.6) is 5.75 Å². The average molecular weight is 418 g/mol. The van der Waals surface area contributed by atoms with Gasteiger partial charge >= 0.3 is 0 Å². The molecule has 2 rings (SSSR count). The van der Waals surface area contributed by atoms with Gasteiger partial charge in [0.2, 0.25) is 11.8 Å². The Hall–Kier alpha value is -2.73. The van der Waals surface area contributed by atoms with E-state index >= 15 is 0 Å². The molecule has 0 aromatic heterocycles. The molecule has 2 aromatic carbocycles. The zero-order valence-electron chi connectivity index (χ0n) is 17.0. The number of hydrogen-bond donors (Lipinski definition) is 3. The van der Waals surface area contributed by atoms with Gasteiger partial charge in [-0.15, -0.1) is 0 Å². The first kappa shape index (κ1) is 22.6. The van der Waals surface area contributed by atoms with Gasteiger partial charge in [0.05, 0.1) is 29.5 Å². The SMILES string of the molecule is CCCC(=O)Nc1ccc(Cl)c(NC(=O)CNc2ccccc2OCC(C)C)c1. The van der Waals surface area contributed by atoms with Crippen LogP contribution in [0.25, 0.3) is 0 Å². The Morgan fingerprint density at radius 2 is 1.79 bits per heavy atom. The molecule has 29 heavy (non-hydrogen) atoms. The van der Waals surface area contributed by atoms with Crippen LogP contribution < -0.4 is 20.7 Å². The van der Waals surface area contributed by atoms with Gasteiger partial charge < -0.3 is 20.7 Å². The second-order valence-corrected chi connectivity index (χ2v) is 7.50. The maximum Gasteiger partial charge on any atom is 0.243 e. The van der Waals surface area contributed by atoms with Crippen LogP contribution in [-0.2, 0) is 9.59 Å². The van der Waals surface area contributed by atoms with Crippen molar-refractivity contribution in [3.05, 3.63) is 47.5 Å². The van der Waals surface area contributed by atoms with E-state index in [1.807, 2.05) is 31.2 Å². The van der Waals surface area contributed by atoms with Gasteiger partial charge in [-0.05, 0) is 42.7 Å². The van der Waals surface area contributed by atoms with Crippen LogP contribution in [-0.4, -0.2) is 25.0 Å². The van der Waals surface area contributed by atoms with E-state index in [-0.39, 0.29) is 18.4 Å². The van der Waals surface area contributed by atoms with Crippen LogP contribution in [0, 0.1) is 5.92 Å².